The molecule has 0 saturated carbocycles. The summed E-state index contributed by atoms with van der Waals surface area (Å²) in [6.07, 6.45) is 7.09. The fourth-order valence-electron chi connectivity index (χ4n) is 2.02. The molecule has 0 amide bonds. The molecular weight excluding hydrogens is 262 g/mol. The van der Waals surface area contributed by atoms with Crippen LogP contribution in [0.15, 0.2) is 41.5 Å². The van der Waals surface area contributed by atoms with E-state index in [4.69, 9.17) is 6.42 Å². The van der Waals surface area contributed by atoms with Gasteiger partial charge in [-0.2, -0.15) is 0 Å². The minimum Gasteiger partial charge on any atom is -0.345 e. The molecule has 0 unspecified atom stereocenters. The zero-order chi connectivity index (χ0) is 15.1. The van der Waals surface area contributed by atoms with Gasteiger partial charge in [0.15, 0.2) is 5.96 Å². The third-order valence-electron chi connectivity index (χ3n) is 3.02. The lowest BCUT2D eigenvalue weighted by Crippen LogP contribution is -2.38. The smallest absolute Gasteiger partial charge is 0.194 e. The quantitative estimate of drug-likeness (QED) is 0.510. The van der Waals surface area contributed by atoms with Crippen molar-refractivity contribution in [2.75, 3.05) is 20.6 Å². The van der Waals surface area contributed by atoms with Gasteiger partial charge in [0.1, 0.15) is 5.82 Å². The molecule has 2 rings (SSSR count). The lowest BCUT2D eigenvalue weighted by atomic mass is 10.2. The predicted molar refractivity (Wildman–Crippen MR) is 85.7 cm³/mol. The van der Waals surface area contributed by atoms with Crippen molar-refractivity contribution in [1.29, 1.82) is 0 Å². The van der Waals surface area contributed by atoms with E-state index in [0.29, 0.717) is 13.1 Å². The Morgan fingerprint density at radius 3 is 2.86 bits per heavy atom. The molecule has 21 heavy (non-hydrogen) atoms. The number of benzene rings is 1. The second kappa shape index (κ2) is 7.15. The van der Waals surface area contributed by atoms with E-state index in [-0.39, 0.29) is 0 Å². The lowest BCUT2D eigenvalue weighted by molar-refractivity contribution is 0.467. The molecule has 0 saturated heterocycles. The summed E-state index contributed by atoms with van der Waals surface area (Å²) in [5, 5.41) is 3.08. The monoisotopic (exact) mass is 281 g/mol. The molecule has 0 radical (unpaired) electrons. The van der Waals surface area contributed by atoms with Gasteiger partial charge < -0.3 is 15.2 Å². The van der Waals surface area contributed by atoms with E-state index in [9.17, 15) is 0 Å². The number of aromatic nitrogens is 2. The second-order valence-corrected chi connectivity index (χ2v) is 4.57. The van der Waals surface area contributed by atoms with Gasteiger partial charge in [-0.05, 0) is 5.56 Å². The molecule has 5 heteroatoms. The third kappa shape index (κ3) is 3.86. The van der Waals surface area contributed by atoms with Gasteiger partial charge in [-0.15, -0.1) is 6.42 Å². The fraction of sp³-hybridized carbons (Fsp3) is 0.250. The molecule has 5 nitrogen and oxygen atoms in total. The Bertz CT molecular complexity index is 636. The summed E-state index contributed by atoms with van der Waals surface area (Å²) in [7, 11) is 3.67. The summed E-state index contributed by atoms with van der Waals surface area (Å²) in [5.41, 5.74) is 2.12. The Morgan fingerprint density at radius 1 is 1.43 bits per heavy atom. The molecule has 0 aliphatic carbocycles. The molecule has 0 atom stereocenters. The van der Waals surface area contributed by atoms with Crippen LogP contribution in [-0.4, -0.2) is 41.5 Å². The average molecular weight is 281 g/mol. The molecule has 2 aromatic rings. The maximum atomic E-state index is 5.25. The van der Waals surface area contributed by atoms with E-state index in [1.807, 2.05) is 36.3 Å². The van der Waals surface area contributed by atoms with Crippen LogP contribution in [0.2, 0.25) is 0 Å². The zero-order valence-corrected chi connectivity index (χ0v) is 12.3. The molecule has 0 aliphatic rings. The van der Waals surface area contributed by atoms with Crippen LogP contribution in [0.3, 0.4) is 0 Å². The zero-order valence-electron chi connectivity index (χ0n) is 12.3. The van der Waals surface area contributed by atoms with Crippen LogP contribution in [0.4, 0.5) is 0 Å². The first-order chi connectivity index (χ1) is 10.2. The van der Waals surface area contributed by atoms with Crippen molar-refractivity contribution in [1.82, 2.24) is 20.2 Å². The number of hydrogen-bond donors (Lipinski definition) is 2. The van der Waals surface area contributed by atoms with E-state index < -0.39 is 0 Å². The van der Waals surface area contributed by atoms with E-state index in [2.05, 4.69) is 38.3 Å². The topological polar surface area (TPSA) is 56.3 Å². The van der Waals surface area contributed by atoms with Crippen LogP contribution in [0, 0.1) is 12.3 Å². The number of terminal acetylenes is 1. The van der Waals surface area contributed by atoms with E-state index >= 15 is 0 Å². The number of aromatic amines is 1. The molecule has 108 valence electrons. The highest BCUT2D eigenvalue weighted by Crippen LogP contribution is 2.16. The largest absolute Gasteiger partial charge is 0.345 e. The molecular formula is C16H19N5. The number of rotatable bonds is 4. The van der Waals surface area contributed by atoms with Crippen LogP contribution < -0.4 is 5.32 Å². The first-order valence-electron chi connectivity index (χ1n) is 6.69. The van der Waals surface area contributed by atoms with Gasteiger partial charge in [0.2, 0.25) is 0 Å². The van der Waals surface area contributed by atoms with Gasteiger partial charge in [-0.25, -0.2) is 4.98 Å². The van der Waals surface area contributed by atoms with E-state index in [1.165, 1.54) is 0 Å². The molecule has 1 aromatic heterocycles. The van der Waals surface area contributed by atoms with Crippen molar-refractivity contribution in [3.8, 4) is 23.6 Å². The van der Waals surface area contributed by atoms with E-state index in [1.54, 1.807) is 7.05 Å². The number of guanidine groups is 1. The Kier molecular flexibility index (Phi) is 4.99. The molecule has 0 spiro atoms. The van der Waals surface area contributed by atoms with Gasteiger partial charge in [-0.3, -0.25) is 4.99 Å². The molecule has 2 N–H and O–H groups in total. The minimum absolute atomic E-state index is 0.449. The van der Waals surface area contributed by atoms with Gasteiger partial charge >= 0.3 is 0 Å². The fourth-order valence-corrected chi connectivity index (χ4v) is 2.02. The van der Waals surface area contributed by atoms with Crippen molar-refractivity contribution in [3.63, 3.8) is 0 Å². The van der Waals surface area contributed by atoms with Gasteiger partial charge in [0.05, 0.1) is 25.0 Å². The summed E-state index contributed by atoms with van der Waals surface area (Å²) in [4.78, 5) is 13.9. The Balaban J connectivity index is 2.04. The molecule has 1 aromatic carbocycles. The highest BCUT2D eigenvalue weighted by atomic mass is 15.3. The summed E-state index contributed by atoms with van der Waals surface area (Å²) in [5.74, 6) is 4.15. The first-order valence-corrected chi connectivity index (χ1v) is 6.69. The highest BCUT2D eigenvalue weighted by molar-refractivity contribution is 5.79. The Morgan fingerprint density at radius 2 is 2.19 bits per heavy atom. The molecule has 0 aliphatic heterocycles. The molecule has 0 fully saturated rings. The summed E-state index contributed by atoms with van der Waals surface area (Å²) >= 11 is 0. The first kappa shape index (κ1) is 14.7. The van der Waals surface area contributed by atoms with Crippen LogP contribution >= 0.6 is 0 Å². The maximum Gasteiger partial charge on any atom is 0.194 e. The highest BCUT2D eigenvalue weighted by Gasteiger charge is 2.09. The third-order valence-corrected chi connectivity index (χ3v) is 3.02. The number of hydrogen-bond acceptors (Lipinski definition) is 2. The minimum atomic E-state index is 0.449. The predicted octanol–water partition coefficient (Wildman–Crippen LogP) is 1.72. The van der Waals surface area contributed by atoms with Crippen LogP contribution in [0.1, 0.15) is 5.82 Å². The van der Waals surface area contributed by atoms with Crippen LogP contribution in [0.25, 0.3) is 11.3 Å². The number of H-pyrrole nitrogens is 1. The Hall–Kier alpha value is -2.74. The van der Waals surface area contributed by atoms with E-state index in [0.717, 1.165) is 23.0 Å². The van der Waals surface area contributed by atoms with Crippen LogP contribution in [0.5, 0.6) is 0 Å². The summed E-state index contributed by atoms with van der Waals surface area (Å²) < 4.78 is 0. The normalized spacial score (nSPS) is 11.0. The van der Waals surface area contributed by atoms with Crippen molar-refractivity contribution in [2.24, 2.45) is 4.99 Å². The average Bonchev–Trinajstić information content (AvgIpc) is 2.97. The second-order valence-electron chi connectivity index (χ2n) is 4.57. The standard InChI is InChI=1S/C16H19N5/c1-4-10-18-16(17-2)21(3)12-15-19-11-14(20-15)13-8-6-5-7-9-13/h1,5-9,11H,10,12H2,2-3H3,(H,17,18)(H,19,20). The van der Waals surface area contributed by atoms with Gasteiger partial charge in [0.25, 0.3) is 0 Å². The molecule has 0 bridgehead atoms. The summed E-state index contributed by atoms with van der Waals surface area (Å²) in [6, 6.07) is 10.1. The van der Waals surface area contributed by atoms with Crippen molar-refractivity contribution in [2.45, 2.75) is 6.54 Å². The van der Waals surface area contributed by atoms with Crippen molar-refractivity contribution < 1.29 is 0 Å². The SMILES string of the molecule is C#CCNC(=NC)N(C)Cc1ncc(-c2ccccc2)[nH]1. The van der Waals surface area contributed by atoms with Crippen molar-refractivity contribution in [3.05, 3.63) is 42.4 Å². The number of nitrogens with zero attached hydrogens (tertiary/aromatic N) is 3. The number of imidazole rings is 1. The van der Waals surface area contributed by atoms with Gasteiger partial charge in [0, 0.05) is 14.1 Å². The van der Waals surface area contributed by atoms with Crippen LogP contribution in [-0.2, 0) is 6.54 Å². The summed E-state index contributed by atoms with van der Waals surface area (Å²) in [6.45, 7) is 1.07. The lowest BCUT2D eigenvalue weighted by Gasteiger charge is -2.20. The van der Waals surface area contributed by atoms with Gasteiger partial charge in [-0.1, -0.05) is 36.3 Å². The molecule has 1 heterocycles. The maximum absolute atomic E-state index is 5.25. The number of aliphatic imine (C=N–C) groups is 1. The Labute approximate surface area is 125 Å². The van der Waals surface area contributed by atoms with Crippen molar-refractivity contribution >= 4 is 5.96 Å². The number of nitrogens with one attached hydrogen (secondary N) is 2.